The normalized spacial score (nSPS) is 11.5. The van der Waals surface area contributed by atoms with Crippen molar-refractivity contribution in [2.24, 2.45) is 0 Å². The molecule has 14 heavy (non-hydrogen) atoms. The maximum atomic E-state index is 3.62. The summed E-state index contributed by atoms with van der Waals surface area (Å²) in [4.78, 5) is 0. The summed E-state index contributed by atoms with van der Waals surface area (Å²) in [7, 11) is 0. The van der Waals surface area contributed by atoms with Crippen LogP contribution in [0.25, 0.3) is 0 Å². The third kappa shape index (κ3) is 11.2. The second kappa shape index (κ2) is 12.2. The molecule has 0 aliphatic heterocycles. The molecule has 0 fully saturated rings. The van der Waals surface area contributed by atoms with Crippen molar-refractivity contribution >= 4 is 0 Å². The molecule has 0 aliphatic carbocycles. The predicted octanol–water partition coefficient (Wildman–Crippen LogP) is 5.04. The first kappa shape index (κ1) is 13.2. The molecule has 0 aromatic heterocycles. The van der Waals surface area contributed by atoms with Crippen LogP contribution in [0.2, 0.25) is 0 Å². The zero-order valence-corrected chi connectivity index (χ0v) is 9.54. The van der Waals surface area contributed by atoms with E-state index in [1.807, 2.05) is 12.2 Å². The molecule has 0 radical (unpaired) electrons. The van der Waals surface area contributed by atoms with Gasteiger partial charge in [0.2, 0.25) is 0 Å². The maximum absolute atomic E-state index is 3.62. The second-order valence-electron chi connectivity index (χ2n) is 3.61. The smallest absolute Gasteiger partial charge is 0.0348 e. The molecule has 0 rings (SSSR count). The lowest BCUT2D eigenvalue weighted by Crippen LogP contribution is -1.77. The monoisotopic (exact) mass is 192 g/mol. The predicted molar refractivity (Wildman–Crippen MR) is 66.5 cm³/mol. The molecule has 0 aromatic rings. The van der Waals surface area contributed by atoms with Crippen molar-refractivity contribution in [3.8, 4) is 0 Å². The Bertz CT molecular complexity index is 163. The van der Waals surface area contributed by atoms with Gasteiger partial charge in [0.1, 0.15) is 0 Å². The van der Waals surface area contributed by atoms with Crippen LogP contribution in [0.5, 0.6) is 0 Å². The highest BCUT2D eigenvalue weighted by atomic mass is 13.9. The Kier molecular flexibility index (Phi) is 11.5. The number of hydrogen-bond donors (Lipinski definition) is 0. The fourth-order valence-electron chi connectivity index (χ4n) is 1.36. The highest BCUT2D eigenvalue weighted by molar-refractivity contribution is 5.08. The van der Waals surface area contributed by atoms with Crippen molar-refractivity contribution < 1.29 is 0 Å². The van der Waals surface area contributed by atoms with Gasteiger partial charge in [-0.15, -0.1) is 0 Å². The average molecular weight is 192 g/mol. The molecule has 0 unspecified atom stereocenters. The second-order valence-corrected chi connectivity index (χ2v) is 3.61. The standard InChI is InChI=1S/C14H24/c1-3-5-7-9-11-13-14-12-10-8-6-4-2/h3,5,7,9,11H,1,4,6,8,10,12-14H2,2H3/b7-5+,11-9+. The minimum atomic E-state index is 1.22. The van der Waals surface area contributed by atoms with E-state index in [1.165, 1.54) is 44.9 Å². The van der Waals surface area contributed by atoms with Crippen LogP contribution in [-0.4, -0.2) is 0 Å². The van der Waals surface area contributed by atoms with Gasteiger partial charge in [0.15, 0.2) is 0 Å². The van der Waals surface area contributed by atoms with Crippen LogP contribution in [-0.2, 0) is 0 Å². The molecule has 0 atom stereocenters. The molecular weight excluding hydrogens is 168 g/mol. The average Bonchev–Trinajstić information content (AvgIpc) is 2.21. The SMILES string of the molecule is C=C/C=C/C=C/CCCCCCCC. The van der Waals surface area contributed by atoms with E-state index in [-0.39, 0.29) is 0 Å². The van der Waals surface area contributed by atoms with Gasteiger partial charge in [-0.1, -0.05) is 76.0 Å². The Morgan fingerprint density at radius 2 is 1.57 bits per heavy atom. The van der Waals surface area contributed by atoms with Crippen LogP contribution in [0.1, 0.15) is 51.9 Å². The Balaban J connectivity index is 3.08. The third-order valence-corrected chi connectivity index (χ3v) is 2.22. The van der Waals surface area contributed by atoms with Crippen molar-refractivity contribution in [2.75, 3.05) is 0 Å². The lowest BCUT2D eigenvalue weighted by Gasteiger charge is -1.97. The molecule has 0 saturated carbocycles. The Morgan fingerprint density at radius 3 is 2.29 bits per heavy atom. The zero-order chi connectivity index (χ0) is 10.5. The first-order valence-electron chi connectivity index (χ1n) is 5.86. The molecule has 0 aromatic carbocycles. The van der Waals surface area contributed by atoms with Gasteiger partial charge in [-0.3, -0.25) is 0 Å². The summed E-state index contributed by atoms with van der Waals surface area (Å²) < 4.78 is 0. The largest absolute Gasteiger partial charge is 0.0991 e. The molecule has 0 amide bonds. The summed E-state index contributed by atoms with van der Waals surface area (Å²) in [5, 5.41) is 0. The van der Waals surface area contributed by atoms with Crippen molar-refractivity contribution in [2.45, 2.75) is 51.9 Å². The van der Waals surface area contributed by atoms with Gasteiger partial charge in [0.25, 0.3) is 0 Å². The van der Waals surface area contributed by atoms with E-state index in [2.05, 4.69) is 25.7 Å². The molecule has 0 bridgehead atoms. The summed E-state index contributed by atoms with van der Waals surface area (Å²) in [5.41, 5.74) is 0. The first-order chi connectivity index (χ1) is 6.91. The highest BCUT2D eigenvalue weighted by Gasteiger charge is 1.87. The van der Waals surface area contributed by atoms with Gasteiger partial charge in [0.05, 0.1) is 0 Å². The van der Waals surface area contributed by atoms with Crippen LogP contribution in [0.15, 0.2) is 37.0 Å². The van der Waals surface area contributed by atoms with E-state index in [0.29, 0.717) is 0 Å². The van der Waals surface area contributed by atoms with E-state index in [4.69, 9.17) is 0 Å². The lowest BCUT2D eigenvalue weighted by atomic mass is 10.1. The first-order valence-corrected chi connectivity index (χ1v) is 5.86. The highest BCUT2D eigenvalue weighted by Crippen LogP contribution is 2.06. The maximum Gasteiger partial charge on any atom is -0.0348 e. The van der Waals surface area contributed by atoms with Crippen molar-refractivity contribution in [1.29, 1.82) is 0 Å². The number of rotatable bonds is 9. The molecule has 0 saturated heterocycles. The molecule has 80 valence electrons. The zero-order valence-electron chi connectivity index (χ0n) is 9.54. The molecule has 0 aliphatic rings. The number of unbranched alkanes of at least 4 members (excludes halogenated alkanes) is 6. The van der Waals surface area contributed by atoms with Gasteiger partial charge in [-0.25, -0.2) is 0 Å². The van der Waals surface area contributed by atoms with Crippen molar-refractivity contribution in [1.82, 2.24) is 0 Å². The fraction of sp³-hybridized carbons (Fsp3) is 0.571. The Labute approximate surface area is 89.4 Å². The summed E-state index contributed by atoms with van der Waals surface area (Å²) in [5.74, 6) is 0. The van der Waals surface area contributed by atoms with Crippen LogP contribution in [0.4, 0.5) is 0 Å². The summed E-state index contributed by atoms with van der Waals surface area (Å²) in [6, 6.07) is 0. The van der Waals surface area contributed by atoms with Crippen LogP contribution >= 0.6 is 0 Å². The molecule has 0 heteroatoms. The van der Waals surface area contributed by atoms with Gasteiger partial charge in [0, 0.05) is 0 Å². The molecule has 0 heterocycles. The lowest BCUT2D eigenvalue weighted by molar-refractivity contribution is 0.611. The van der Waals surface area contributed by atoms with E-state index in [0.717, 1.165) is 0 Å². The quantitative estimate of drug-likeness (QED) is 0.355. The number of allylic oxidation sites excluding steroid dienone is 5. The van der Waals surface area contributed by atoms with E-state index in [9.17, 15) is 0 Å². The molecule has 0 N–H and O–H groups in total. The van der Waals surface area contributed by atoms with E-state index in [1.54, 1.807) is 6.08 Å². The van der Waals surface area contributed by atoms with Crippen molar-refractivity contribution in [3.05, 3.63) is 37.0 Å². The van der Waals surface area contributed by atoms with Crippen LogP contribution in [0, 0.1) is 0 Å². The van der Waals surface area contributed by atoms with Gasteiger partial charge < -0.3 is 0 Å². The van der Waals surface area contributed by atoms with Gasteiger partial charge >= 0.3 is 0 Å². The van der Waals surface area contributed by atoms with Gasteiger partial charge in [-0.2, -0.15) is 0 Å². The molecular formula is C14H24. The number of hydrogen-bond acceptors (Lipinski definition) is 0. The van der Waals surface area contributed by atoms with Crippen molar-refractivity contribution in [3.63, 3.8) is 0 Å². The fourth-order valence-corrected chi connectivity index (χ4v) is 1.36. The van der Waals surface area contributed by atoms with E-state index < -0.39 is 0 Å². The van der Waals surface area contributed by atoms with Gasteiger partial charge in [-0.05, 0) is 12.8 Å². The summed E-state index contributed by atoms with van der Waals surface area (Å²) in [6.07, 6.45) is 19.6. The summed E-state index contributed by atoms with van der Waals surface area (Å²) >= 11 is 0. The topological polar surface area (TPSA) is 0 Å². The summed E-state index contributed by atoms with van der Waals surface area (Å²) in [6.45, 7) is 5.87. The van der Waals surface area contributed by atoms with Crippen LogP contribution < -0.4 is 0 Å². The molecule has 0 spiro atoms. The minimum absolute atomic E-state index is 1.22. The molecule has 0 nitrogen and oxygen atoms in total. The minimum Gasteiger partial charge on any atom is -0.0991 e. The third-order valence-electron chi connectivity index (χ3n) is 2.22. The van der Waals surface area contributed by atoms with Crippen LogP contribution in [0.3, 0.4) is 0 Å². The van der Waals surface area contributed by atoms with E-state index >= 15 is 0 Å². The Morgan fingerprint density at radius 1 is 0.857 bits per heavy atom. The Hall–Kier alpha value is -0.780.